The molecule has 10 nitrogen and oxygen atoms in total. The van der Waals surface area contributed by atoms with E-state index in [2.05, 4.69) is 4.98 Å². The van der Waals surface area contributed by atoms with Crippen molar-refractivity contribution in [3.63, 3.8) is 0 Å². The van der Waals surface area contributed by atoms with E-state index in [-0.39, 0.29) is 36.1 Å². The molecule has 0 saturated heterocycles. The molecule has 0 bridgehead atoms. The summed E-state index contributed by atoms with van der Waals surface area (Å²) in [5, 5.41) is 11.3. The van der Waals surface area contributed by atoms with Gasteiger partial charge in [-0.15, -0.1) is 0 Å². The lowest BCUT2D eigenvalue weighted by atomic mass is 10.1. The van der Waals surface area contributed by atoms with E-state index in [4.69, 9.17) is 25.8 Å². The molecule has 1 amide bonds. The Morgan fingerprint density at radius 3 is 2.23 bits per heavy atom. The Morgan fingerprint density at radius 1 is 0.936 bits per heavy atom. The van der Waals surface area contributed by atoms with Gasteiger partial charge in [-0.25, -0.2) is 18.0 Å². The Bertz CT molecular complexity index is 1740. The molecule has 4 rings (SSSR count). The van der Waals surface area contributed by atoms with Gasteiger partial charge in [0.1, 0.15) is 18.0 Å². The van der Waals surface area contributed by atoms with Crippen molar-refractivity contribution in [3.8, 4) is 5.75 Å². The van der Waals surface area contributed by atoms with Crippen molar-refractivity contribution >= 4 is 33.5 Å². The van der Waals surface area contributed by atoms with Crippen LogP contribution in [-0.2, 0) is 37.1 Å². The Balaban J connectivity index is 1.35. The molecular formula is C35H37ClN2O8S. The fourth-order valence-corrected chi connectivity index (χ4v) is 5.84. The van der Waals surface area contributed by atoms with Crippen molar-refractivity contribution in [1.29, 1.82) is 0 Å². The van der Waals surface area contributed by atoms with Gasteiger partial charge in [0.25, 0.3) is 0 Å². The lowest BCUT2D eigenvalue weighted by Gasteiger charge is -2.29. The third-order valence-corrected chi connectivity index (χ3v) is 8.80. The number of ether oxygens (including phenoxy) is 3. The van der Waals surface area contributed by atoms with Gasteiger partial charge in [-0.1, -0.05) is 41.9 Å². The Kier molecular flexibility index (Phi) is 12.0. The third-order valence-electron chi connectivity index (χ3n) is 6.78. The Hall–Kier alpha value is -4.45. The second-order valence-electron chi connectivity index (χ2n) is 11.6. The number of hydrogen-bond donors (Lipinski definition) is 1. The molecule has 248 valence electrons. The largest absolute Gasteiger partial charge is 0.482 e. The van der Waals surface area contributed by atoms with Crippen LogP contribution < -0.4 is 4.74 Å². The van der Waals surface area contributed by atoms with Crippen LogP contribution in [0.3, 0.4) is 0 Å². The van der Waals surface area contributed by atoms with Crippen LogP contribution in [-0.4, -0.2) is 60.8 Å². The minimum atomic E-state index is -3.84. The van der Waals surface area contributed by atoms with E-state index in [9.17, 15) is 23.1 Å². The smallest absolute Gasteiger partial charge is 0.410 e. The first kappa shape index (κ1) is 35.4. The molecule has 1 unspecified atom stereocenters. The highest BCUT2D eigenvalue weighted by atomic mass is 35.5. The third kappa shape index (κ3) is 10.8. The number of rotatable bonds is 13. The SMILES string of the molecule is CC(C)(C)OC(=O)N(CCc1ccc(S(=O)(=O)c2ccc(OCC(=O)OCc3ccccn3)cc2)cc1)CC(O)c1cccc(Cl)c1. The monoisotopic (exact) mass is 680 g/mol. The molecule has 1 atom stereocenters. The molecule has 3 aromatic carbocycles. The minimum absolute atomic E-state index is 0.0201. The number of halogens is 1. The average Bonchev–Trinajstić information content (AvgIpc) is 3.04. The van der Waals surface area contributed by atoms with Gasteiger partial charge in [0.2, 0.25) is 9.84 Å². The lowest BCUT2D eigenvalue weighted by Crippen LogP contribution is -2.40. The summed E-state index contributed by atoms with van der Waals surface area (Å²) in [5.41, 5.74) is 1.23. The Morgan fingerprint density at radius 2 is 1.62 bits per heavy atom. The molecule has 0 spiro atoms. The number of aliphatic hydroxyl groups is 1. The van der Waals surface area contributed by atoms with Crippen LogP contribution in [0.1, 0.15) is 43.7 Å². The predicted octanol–water partition coefficient (Wildman–Crippen LogP) is 6.20. The van der Waals surface area contributed by atoms with Crippen LogP contribution in [0.2, 0.25) is 5.02 Å². The van der Waals surface area contributed by atoms with Crippen LogP contribution in [0.25, 0.3) is 0 Å². The van der Waals surface area contributed by atoms with Crippen molar-refractivity contribution in [2.45, 2.75) is 55.3 Å². The normalized spacial score (nSPS) is 12.2. The second-order valence-corrected chi connectivity index (χ2v) is 14.0. The zero-order valence-electron chi connectivity index (χ0n) is 26.3. The Labute approximate surface area is 279 Å². The molecule has 0 saturated carbocycles. The molecule has 0 radical (unpaired) electrons. The summed E-state index contributed by atoms with van der Waals surface area (Å²) in [6, 6.07) is 24.2. The number of amides is 1. The van der Waals surface area contributed by atoms with Crippen molar-refractivity contribution in [2.75, 3.05) is 19.7 Å². The molecule has 1 aromatic heterocycles. The van der Waals surface area contributed by atoms with Gasteiger partial charge in [-0.3, -0.25) is 4.98 Å². The van der Waals surface area contributed by atoms with Crippen LogP contribution in [0.15, 0.2) is 107 Å². The highest BCUT2D eigenvalue weighted by Gasteiger charge is 2.25. The summed E-state index contributed by atoms with van der Waals surface area (Å²) in [6.45, 7) is 5.17. The number of carbonyl (C=O) groups excluding carboxylic acids is 2. The quantitative estimate of drug-likeness (QED) is 0.164. The summed E-state index contributed by atoms with van der Waals surface area (Å²) in [7, 11) is -3.84. The number of nitrogens with zero attached hydrogens (tertiary/aromatic N) is 2. The van der Waals surface area contributed by atoms with E-state index >= 15 is 0 Å². The highest BCUT2D eigenvalue weighted by Crippen LogP contribution is 2.25. The summed E-state index contributed by atoms with van der Waals surface area (Å²) in [4.78, 5) is 30.6. The number of carbonyl (C=O) groups is 2. The number of hydrogen-bond acceptors (Lipinski definition) is 9. The van der Waals surface area contributed by atoms with Crippen molar-refractivity contribution < 1.29 is 37.3 Å². The van der Waals surface area contributed by atoms with Gasteiger partial charge < -0.3 is 24.2 Å². The fraction of sp³-hybridized carbons (Fsp3) is 0.286. The molecule has 0 aliphatic rings. The van der Waals surface area contributed by atoms with Crippen molar-refractivity contribution in [3.05, 3.63) is 119 Å². The van der Waals surface area contributed by atoms with E-state index in [1.807, 2.05) is 0 Å². The van der Waals surface area contributed by atoms with E-state index in [0.717, 1.165) is 5.56 Å². The van der Waals surface area contributed by atoms with Gasteiger partial charge in [0, 0.05) is 17.8 Å². The molecule has 47 heavy (non-hydrogen) atoms. The number of pyridine rings is 1. The number of sulfone groups is 1. The number of benzene rings is 3. The molecule has 0 aliphatic carbocycles. The maximum atomic E-state index is 13.3. The number of aliphatic hydroxyl groups excluding tert-OH is 1. The zero-order chi connectivity index (χ0) is 34.0. The number of aromatic nitrogens is 1. The lowest BCUT2D eigenvalue weighted by molar-refractivity contribution is -0.147. The molecule has 1 N–H and O–H groups in total. The summed E-state index contributed by atoms with van der Waals surface area (Å²) in [6.07, 6.45) is 0.422. The van der Waals surface area contributed by atoms with Crippen molar-refractivity contribution in [2.24, 2.45) is 0 Å². The first-order valence-electron chi connectivity index (χ1n) is 14.8. The summed E-state index contributed by atoms with van der Waals surface area (Å²) in [5.74, 6) is -0.275. The molecule has 1 heterocycles. The van der Waals surface area contributed by atoms with E-state index < -0.39 is 33.6 Å². The molecule has 12 heteroatoms. The topological polar surface area (TPSA) is 132 Å². The van der Waals surface area contributed by atoms with E-state index in [1.54, 1.807) is 81.6 Å². The molecule has 0 aliphatic heterocycles. The van der Waals surface area contributed by atoms with Crippen LogP contribution in [0.5, 0.6) is 5.75 Å². The minimum Gasteiger partial charge on any atom is -0.482 e. The molecular weight excluding hydrogens is 644 g/mol. The summed E-state index contributed by atoms with van der Waals surface area (Å²) < 4.78 is 42.7. The van der Waals surface area contributed by atoms with Crippen LogP contribution in [0.4, 0.5) is 4.79 Å². The molecule has 4 aromatic rings. The van der Waals surface area contributed by atoms with Gasteiger partial charge in [-0.2, -0.15) is 0 Å². The van der Waals surface area contributed by atoms with Gasteiger partial charge in [0.15, 0.2) is 6.61 Å². The van der Waals surface area contributed by atoms with Gasteiger partial charge >= 0.3 is 12.1 Å². The van der Waals surface area contributed by atoms with Crippen molar-refractivity contribution in [1.82, 2.24) is 9.88 Å². The number of esters is 1. The predicted molar refractivity (Wildman–Crippen MR) is 176 cm³/mol. The maximum absolute atomic E-state index is 13.3. The van der Waals surface area contributed by atoms with Crippen LogP contribution >= 0.6 is 11.6 Å². The standard InChI is InChI=1S/C35H37ClN2O8S/c1-35(2,3)46-34(41)38(22-32(39)26-7-6-8-27(36)21-26)20-18-25-10-14-30(15-11-25)47(42,43)31-16-12-29(13-17-31)44-24-33(40)45-23-28-9-4-5-19-37-28/h4-17,19,21,32,39H,18,20,22-24H2,1-3H3. The highest BCUT2D eigenvalue weighted by molar-refractivity contribution is 7.91. The average molecular weight is 681 g/mol. The van der Waals surface area contributed by atoms with E-state index in [1.165, 1.54) is 41.3 Å². The van der Waals surface area contributed by atoms with Crippen LogP contribution in [0, 0.1) is 0 Å². The second kappa shape index (κ2) is 15.9. The maximum Gasteiger partial charge on any atom is 0.410 e. The fourth-order valence-electron chi connectivity index (χ4n) is 4.38. The van der Waals surface area contributed by atoms with Gasteiger partial charge in [0.05, 0.1) is 28.1 Å². The van der Waals surface area contributed by atoms with E-state index in [0.29, 0.717) is 28.5 Å². The first-order valence-corrected chi connectivity index (χ1v) is 16.7. The summed E-state index contributed by atoms with van der Waals surface area (Å²) >= 11 is 6.07. The molecule has 0 fully saturated rings. The first-order chi connectivity index (χ1) is 22.3. The zero-order valence-corrected chi connectivity index (χ0v) is 27.9. The van der Waals surface area contributed by atoms with Gasteiger partial charge in [-0.05, 0) is 99.0 Å².